The number of nitrogens with one attached hydrogen (secondary N) is 3. The Morgan fingerprint density at radius 2 is 1.50 bits per heavy atom. The van der Waals surface area contributed by atoms with Gasteiger partial charge in [-0.1, -0.05) is 12.1 Å². The summed E-state index contributed by atoms with van der Waals surface area (Å²) in [5.41, 5.74) is 6.00. The number of aromatic hydroxyl groups is 1. The van der Waals surface area contributed by atoms with E-state index in [2.05, 4.69) is 16.0 Å². The lowest BCUT2D eigenvalue weighted by Crippen LogP contribution is -2.59. The third-order valence-corrected chi connectivity index (χ3v) is 4.22. The SMILES string of the molecule is CC(N)C(=O)NC(C(=O)NC(C)C(=O)NC(Cc1ccc(O)cc1)C(=O)O)C(C)O. The maximum Gasteiger partial charge on any atom is 0.326 e. The first-order chi connectivity index (χ1) is 13.9. The molecule has 0 spiro atoms. The number of hydrogen-bond acceptors (Lipinski definition) is 7. The summed E-state index contributed by atoms with van der Waals surface area (Å²) in [5, 5.41) is 35.4. The number of phenolic OH excluding ortho intramolecular Hbond substituents is 1. The molecule has 5 unspecified atom stereocenters. The van der Waals surface area contributed by atoms with Gasteiger partial charge < -0.3 is 37.0 Å². The molecule has 30 heavy (non-hydrogen) atoms. The topological polar surface area (TPSA) is 191 Å². The fraction of sp³-hybridized carbons (Fsp3) is 0.474. The molecular formula is C19H28N4O7. The second-order valence-electron chi connectivity index (χ2n) is 7.02. The summed E-state index contributed by atoms with van der Waals surface area (Å²) < 4.78 is 0. The average Bonchev–Trinajstić information content (AvgIpc) is 2.66. The molecule has 8 N–H and O–H groups in total. The lowest BCUT2D eigenvalue weighted by atomic mass is 10.1. The van der Waals surface area contributed by atoms with E-state index in [0.29, 0.717) is 5.56 Å². The van der Waals surface area contributed by atoms with Crippen LogP contribution in [0.4, 0.5) is 0 Å². The van der Waals surface area contributed by atoms with Gasteiger partial charge in [0.2, 0.25) is 17.7 Å². The Morgan fingerprint density at radius 3 is 1.97 bits per heavy atom. The maximum absolute atomic E-state index is 12.4. The summed E-state index contributed by atoms with van der Waals surface area (Å²) in [6.07, 6.45) is -1.30. The van der Waals surface area contributed by atoms with E-state index in [-0.39, 0.29) is 12.2 Å². The van der Waals surface area contributed by atoms with E-state index in [0.717, 1.165) is 0 Å². The number of rotatable bonds is 10. The van der Waals surface area contributed by atoms with Crippen LogP contribution in [-0.4, -0.2) is 69.3 Å². The Labute approximate surface area is 173 Å². The van der Waals surface area contributed by atoms with Gasteiger partial charge >= 0.3 is 5.97 Å². The molecule has 1 aromatic rings. The van der Waals surface area contributed by atoms with Crippen molar-refractivity contribution in [2.75, 3.05) is 0 Å². The fourth-order valence-electron chi connectivity index (χ4n) is 2.42. The van der Waals surface area contributed by atoms with Crippen molar-refractivity contribution in [2.24, 2.45) is 5.73 Å². The van der Waals surface area contributed by atoms with Crippen molar-refractivity contribution in [2.45, 2.75) is 57.5 Å². The zero-order chi connectivity index (χ0) is 23.0. The Hall–Kier alpha value is -3.18. The van der Waals surface area contributed by atoms with Crippen molar-refractivity contribution in [1.29, 1.82) is 0 Å². The Kier molecular flexibility index (Phi) is 9.21. The third-order valence-electron chi connectivity index (χ3n) is 4.22. The second-order valence-corrected chi connectivity index (χ2v) is 7.02. The standard InChI is InChI=1S/C19H28N4O7/c1-9(20)16(26)23-15(11(3)24)18(28)21-10(2)17(27)22-14(19(29)30)8-12-4-6-13(25)7-5-12/h4-7,9-11,14-15,24-25H,8,20H2,1-3H3,(H,21,28)(H,22,27)(H,23,26)(H,29,30). The summed E-state index contributed by atoms with van der Waals surface area (Å²) in [5.74, 6) is -3.51. The van der Waals surface area contributed by atoms with E-state index in [1.165, 1.54) is 45.0 Å². The minimum Gasteiger partial charge on any atom is -0.508 e. The largest absolute Gasteiger partial charge is 0.508 e. The smallest absolute Gasteiger partial charge is 0.326 e. The van der Waals surface area contributed by atoms with E-state index in [4.69, 9.17) is 5.73 Å². The number of carboxylic acids is 1. The van der Waals surface area contributed by atoms with Gasteiger partial charge in [0.05, 0.1) is 12.1 Å². The van der Waals surface area contributed by atoms with Crippen molar-refractivity contribution < 1.29 is 34.5 Å². The summed E-state index contributed by atoms with van der Waals surface area (Å²) in [4.78, 5) is 47.9. The first-order valence-electron chi connectivity index (χ1n) is 9.27. The van der Waals surface area contributed by atoms with Crippen molar-refractivity contribution in [3.8, 4) is 5.75 Å². The molecule has 3 amide bonds. The molecule has 1 aromatic carbocycles. The van der Waals surface area contributed by atoms with Crippen LogP contribution < -0.4 is 21.7 Å². The number of nitrogens with two attached hydrogens (primary N) is 1. The number of carbonyl (C=O) groups is 4. The number of hydrogen-bond donors (Lipinski definition) is 7. The van der Waals surface area contributed by atoms with Crippen molar-refractivity contribution >= 4 is 23.7 Å². The highest BCUT2D eigenvalue weighted by molar-refractivity contribution is 5.94. The van der Waals surface area contributed by atoms with Crippen molar-refractivity contribution in [1.82, 2.24) is 16.0 Å². The first kappa shape index (κ1) is 24.9. The van der Waals surface area contributed by atoms with Crippen LogP contribution in [0.3, 0.4) is 0 Å². The third kappa shape index (κ3) is 7.68. The summed E-state index contributed by atoms with van der Waals surface area (Å²) in [7, 11) is 0. The number of aliphatic hydroxyl groups is 1. The molecule has 1 rings (SSSR count). The number of carbonyl (C=O) groups excluding carboxylic acids is 3. The lowest BCUT2D eigenvalue weighted by molar-refractivity contribution is -0.142. The Bertz CT molecular complexity index is 765. The first-order valence-corrected chi connectivity index (χ1v) is 9.27. The number of carboxylic acid groups (broad SMARTS) is 1. The molecule has 11 nitrogen and oxygen atoms in total. The zero-order valence-corrected chi connectivity index (χ0v) is 17.0. The summed E-state index contributed by atoms with van der Waals surface area (Å²) in [6, 6.07) is 1.17. The monoisotopic (exact) mass is 424 g/mol. The molecule has 0 aliphatic carbocycles. The fourth-order valence-corrected chi connectivity index (χ4v) is 2.42. The number of benzene rings is 1. The predicted molar refractivity (Wildman–Crippen MR) is 106 cm³/mol. The molecule has 0 saturated heterocycles. The molecule has 166 valence electrons. The van der Waals surface area contributed by atoms with Gasteiger partial charge in [-0.3, -0.25) is 14.4 Å². The van der Waals surface area contributed by atoms with Gasteiger partial charge in [0.15, 0.2) is 0 Å². The van der Waals surface area contributed by atoms with Crippen molar-refractivity contribution in [3.05, 3.63) is 29.8 Å². The molecule has 0 radical (unpaired) electrons. The van der Waals surface area contributed by atoms with Gasteiger partial charge in [-0.25, -0.2) is 4.79 Å². The van der Waals surface area contributed by atoms with E-state index < -0.39 is 54.0 Å². The number of amides is 3. The Morgan fingerprint density at radius 1 is 0.933 bits per heavy atom. The summed E-state index contributed by atoms with van der Waals surface area (Å²) in [6.45, 7) is 4.02. The van der Waals surface area contributed by atoms with Crippen LogP contribution >= 0.6 is 0 Å². The van der Waals surface area contributed by atoms with E-state index in [1.54, 1.807) is 0 Å². The Balaban J connectivity index is 2.75. The van der Waals surface area contributed by atoms with Gasteiger partial charge in [-0.2, -0.15) is 0 Å². The molecule has 0 aliphatic heterocycles. The molecule has 0 heterocycles. The number of phenols is 1. The molecular weight excluding hydrogens is 396 g/mol. The van der Waals surface area contributed by atoms with Crippen LogP contribution in [0, 0.1) is 0 Å². The molecule has 0 saturated carbocycles. The number of aliphatic hydroxyl groups excluding tert-OH is 1. The minimum absolute atomic E-state index is 0.0229. The minimum atomic E-state index is -1.34. The van der Waals surface area contributed by atoms with Crippen LogP contribution in [0.5, 0.6) is 5.75 Å². The van der Waals surface area contributed by atoms with Crippen LogP contribution in [-0.2, 0) is 25.6 Å². The average molecular weight is 424 g/mol. The quantitative estimate of drug-likeness (QED) is 0.229. The van der Waals surface area contributed by atoms with Gasteiger partial charge in [0.25, 0.3) is 0 Å². The molecule has 0 fully saturated rings. The lowest BCUT2D eigenvalue weighted by Gasteiger charge is -2.24. The molecule has 0 aliphatic rings. The van der Waals surface area contributed by atoms with Crippen molar-refractivity contribution in [3.63, 3.8) is 0 Å². The second kappa shape index (κ2) is 11.1. The normalized spacial score (nSPS) is 15.8. The molecule has 5 atom stereocenters. The highest BCUT2D eigenvalue weighted by atomic mass is 16.4. The highest BCUT2D eigenvalue weighted by Gasteiger charge is 2.30. The molecule has 0 bridgehead atoms. The van der Waals surface area contributed by atoms with E-state index in [9.17, 15) is 34.5 Å². The van der Waals surface area contributed by atoms with Crippen LogP contribution in [0.25, 0.3) is 0 Å². The van der Waals surface area contributed by atoms with Crippen LogP contribution in [0.2, 0.25) is 0 Å². The van der Waals surface area contributed by atoms with Crippen LogP contribution in [0.15, 0.2) is 24.3 Å². The maximum atomic E-state index is 12.4. The van der Waals surface area contributed by atoms with Crippen LogP contribution in [0.1, 0.15) is 26.3 Å². The van der Waals surface area contributed by atoms with Gasteiger partial charge in [0, 0.05) is 6.42 Å². The van der Waals surface area contributed by atoms with Gasteiger partial charge in [-0.15, -0.1) is 0 Å². The number of aliphatic carboxylic acids is 1. The highest BCUT2D eigenvalue weighted by Crippen LogP contribution is 2.11. The van der Waals surface area contributed by atoms with E-state index in [1.807, 2.05) is 0 Å². The predicted octanol–water partition coefficient (Wildman–Crippen LogP) is -1.78. The summed E-state index contributed by atoms with van der Waals surface area (Å²) >= 11 is 0. The molecule has 11 heteroatoms. The van der Waals surface area contributed by atoms with Gasteiger partial charge in [-0.05, 0) is 38.5 Å². The molecule has 0 aromatic heterocycles. The zero-order valence-electron chi connectivity index (χ0n) is 17.0. The van der Waals surface area contributed by atoms with E-state index >= 15 is 0 Å². The van der Waals surface area contributed by atoms with Gasteiger partial charge in [0.1, 0.15) is 23.9 Å².